The Labute approximate surface area is 548 Å². The van der Waals surface area contributed by atoms with E-state index in [-0.39, 0.29) is 52.4 Å². The highest BCUT2D eigenvalue weighted by molar-refractivity contribution is 7.98. The van der Waals surface area contributed by atoms with Gasteiger partial charge in [0.2, 0.25) is 0 Å². The zero-order valence-corrected chi connectivity index (χ0v) is 57.8. The topological polar surface area (TPSA) is 206 Å². The molecule has 91 heavy (non-hydrogen) atoms. The standard InChI is InChI=1S/C17H28O2.C15H22O7S.2C13H10F3S.C8H16O5S.BrH/c1-5-16(2,3)15(18)19-17(4)13-7-11-6-12(9-13)10-14(17)8-11;1-4-15(2,3)14(17)20-7-11(16)21-12-8-5-9-10(6-8)23(18,19)22-13(9)12;2*14-13(15,16)17(11-7-3-1-4-8-11)12-9-5-2-6-10-12;1-4-8(2,3)7(9)13-5-6-14(10,11)12;/h11-14H,5-10H2,1-4H3;8-10,12-13H,4-7H2,1-3H3;2*1-10H;4-6H2,1-3H3,(H,10,11,12);1H/q;;2*+1;;/p-2. The van der Waals surface area contributed by atoms with Gasteiger partial charge in [0.05, 0.1) is 37.4 Å². The third kappa shape index (κ3) is 20.4. The van der Waals surface area contributed by atoms with E-state index >= 15 is 0 Å². The van der Waals surface area contributed by atoms with Crippen LogP contribution < -0.4 is 17.0 Å². The first kappa shape index (κ1) is 77.0. The summed E-state index contributed by atoms with van der Waals surface area (Å²) in [6.07, 6.45) is 8.71. The van der Waals surface area contributed by atoms with Gasteiger partial charge in [-0.1, -0.05) is 93.6 Å². The molecule has 0 aromatic heterocycles. The van der Waals surface area contributed by atoms with Gasteiger partial charge >= 0.3 is 34.9 Å². The molecule has 11 rings (SSSR count). The van der Waals surface area contributed by atoms with Crippen LogP contribution in [0.2, 0.25) is 0 Å². The molecule has 5 atom stereocenters. The molecule has 6 saturated carbocycles. The lowest BCUT2D eigenvalue weighted by molar-refractivity contribution is -0.211. The lowest BCUT2D eigenvalue weighted by Gasteiger charge is -2.59. The number of hydrogen-bond acceptors (Lipinski definition) is 14. The molecule has 0 N–H and O–H groups in total. The Kier molecular flexibility index (Phi) is 26.9. The van der Waals surface area contributed by atoms with Crippen LogP contribution >= 0.6 is 0 Å². The molecule has 4 aromatic carbocycles. The van der Waals surface area contributed by atoms with Crippen molar-refractivity contribution >= 4 is 65.9 Å². The Balaban J connectivity index is 0.000000208. The third-order valence-electron chi connectivity index (χ3n) is 18.3. The molecular formula is C66H85BrF6O14S4. The van der Waals surface area contributed by atoms with Gasteiger partial charge in [0.1, 0.15) is 24.4 Å². The van der Waals surface area contributed by atoms with Crippen LogP contribution in [0.3, 0.4) is 0 Å². The molecule has 0 radical (unpaired) electrons. The SMILES string of the molecule is CCC(C)(C)C(=O)OC1(C)C2CC3CC(C2)CC1C3.CCC(C)(C)C(=O)OCC(=O)OC1C2CC3C1OS(=O)(=O)C3C2.CCC(C)(C)C(=O)OCCS(=O)(=O)[O-].FC(F)(F)[S+](c1ccccc1)c1ccccc1.FC(F)(F)[S+](c1ccccc1)c1ccccc1.[Br-]. The van der Waals surface area contributed by atoms with Gasteiger partial charge in [0.15, 0.2) is 48.0 Å². The first-order valence-electron chi connectivity index (χ1n) is 30.3. The average molecular weight is 1420 g/mol. The normalized spacial score (nSPS) is 24.9. The number of esters is 4. The summed E-state index contributed by atoms with van der Waals surface area (Å²) in [5, 5.41) is -0.448. The van der Waals surface area contributed by atoms with Crippen molar-refractivity contribution < 1.29 is 107 Å². The fourth-order valence-electron chi connectivity index (χ4n) is 12.1. The number of fused-ring (bicyclic) bond motifs is 1. The summed E-state index contributed by atoms with van der Waals surface area (Å²) in [4.78, 5) is 48.7. The summed E-state index contributed by atoms with van der Waals surface area (Å²) in [7, 11) is -11.6. The second kappa shape index (κ2) is 31.7. The molecule has 1 saturated heterocycles. The zero-order valence-electron chi connectivity index (χ0n) is 52.9. The van der Waals surface area contributed by atoms with Crippen molar-refractivity contribution in [1.82, 2.24) is 0 Å². The molecule has 0 spiro atoms. The molecule has 6 bridgehead atoms. The van der Waals surface area contributed by atoms with E-state index in [1.165, 1.54) is 80.6 Å². The van der Waals surface area contributed by atoms with Crippen molar-refractivity contribution in [2.45, 2.75) is 187 Å². The lowest BCUT2D eigenvalue weighted by atomic mass is 9.50. The fourth-order valence-corrected chi connectivity index (χ4v) is 17.6. The number of carbonyl (C=O) groups is 4. The van der Waals surface area contributed by atoms with Crippen molar-refractivity contribution in [1.29, 1.82) is 0 Å². The number of ether oxygens (including phenoxy) is 4. The van der Waals surface area contributed by atoms with Gasteiger partial charge in [-0.15, -0.1) is 26.3 Å². The first-order valence-corrected chi connectivity index (χ1v) is 35.8. The van der Waals surface area contributed by atoms with Crippen LogP contribution in [0.5, 0.6) is 0 Å². The van der Waals surface area contributed by atoms with Crippen molar-refractivity contribution in [2.75, 3.05) is 19.0 Å². The molecule has 7 fully saturated rings. The van der Waals surface area contributed by atoms with E-state index in [1.54, 1.807) is 100 Å². The summed E-state index contributed by atoms with van der Waals surface area (Å²) in [5.41, 5.74) is -10.3. The Morgan fingerprint density at radius 2 is 0.945 bits per heavy atom. The second-order valence-corrected chi connectivity index (χ2v) is 33.1. The van der Waals surface area contributed by atoms with Crippen LogP contribution in [-0.2, 0) is 84.3 Å². The van der Waals surface area contributed by atoms with Gasteiger partial charge in [-0.2, -0.15) is 8.42 Å². The predicted octanol–water partition coefficient (Wildman–Crippen LogP) is 11.2. The average Bonchev–Trinajstić information content (AvgIpc) is 1.66. The van der Waals surface area contributed by atoms with E-state index in [1.807, 2.05) is 27.7 Å². The molecule has 5 unspecified atom stereocenters. The quantitative estimate of drug-likeness (QED) is 0.0241. The molecule has 7 aliphatic rings. The van der Waals surface area contributed by atoms with E-state index in [0.29, 0.717) is 57.1 Å². The summed E-state index contributed by atoms with van der Waals surface area (Å²) in [6.45, 7) is 18.1. The van der Waals surface area contributed by atoms with Gasteiger partial charge in [0.25, 0.3) is 10.1 Å². The number of hydrogen-bond donors (Lipinski definition) is 0. The highest BCUT2D eigenvalue weighted by Gasteiger charge is 2.66. The van der Waals surface area contributed by atoms with Crippen LogP contribution in [0, 0.1) is 51.8 Å². The number of carbonyl (C=O) groups excluding carboxylic acids is 4. The Hall–Kier alpha value is -4.66. The molecule has 1 heterocycles. The minimum atomic E-state index is -4.30. The van der Waals surface area contributed by atoms with Gasteiger partial charge in [-0.3, -0.25) is 18.6 Å². The fraction of sp³-hybridized carbons (Fsp3) is 0.576. The molecule has 1 aliphatic heterocycles. The predicted molar refractivity (Wildman–Crippen MR) is 330 cm³/mol. The number of alkyl halides is 6. The van der Waals surface area contributed by atoms with E-state index in [2.05, 4.69) is 18.6 Å². The van der Waals surface area contributed by atoms with Crippen LogP contribution in [0.25, 0.3) is 0 Å². The Bertz CT molecular complexity index is 3050. The smallest absolute Gasteiger partial charge is 0.586 e. The van der Waals surface area contributed by atoms with Crippen molar-refractivity contribution in [3.8, 4) is 0 Å². The molecule has 506 valence electrons. The van der Waals surface area contributed by atoms with Gasteiger partial charge in [0, 0.05) is 11.8 Å². The van der Waals surface area contributed by atoms with Gasteiger partial charge < -0.3 is 40.5 Å². The number of halogens is 7. The second-order valence-electron chi connectivity index (χ2n) is 25.8. The van der Waals surface area contributed by atoms with E-state index in [9.17, 15) is 66.9 Å². The zero-order chi connectivity index (χ0) is 66.8. The maximum absolute atomic E-state index is 13.1. The van der Waals surface area contributed by atoms with Gasteiger partial charge in [-0.25, -0.2) is 13.2 Å². The van der Waals surface area contributed by atoms with Crippen LogP contribution in [-0.4, -0.2) is 98.3 Å². The highest BCUT2D eigenvalue weighted by atomic mass is 79.9. The maximum Gasteiger partial charge on any atom is 0.586 e. The molecule has 0 amide bonds. The van der Waals surface area contributed by atoms with E-state index < -0.39 is 112 Å². The Morgan fingerprint density at radius 3 is 1.30 bits per heavy atom. The number of rotatable bonds is 17. The first-order chi connectivity index (χ1) is 41.9. The maximum atomic E-state index is 13.1. The van der Waals surface area contributed by atoms with Gasteiger partial charge in [-0.05, 0) is 185 Å². The summed E-state index contributed by atoms with van der Waals surface area (Å²) in [5.74, 6) is 0.787. The monoisotopic (exact) mass is 1420 g/mol. The van der Waals surface area contributed by atoms with Crippen molar-refractivity contribution in [3.63, 3.8) is 0 Å². The molecule has 6 aliphatic carbocycles. The molecule has 4 aromatic rings. The lowest BCUT2D eigenvalue weighted by Crippen LogP contribution is -3.00. The third-order valence-corrected chi connectivity index (χ3v) is 24.7. The summed E-state index contributed by atoms with van der Waals surface area (Å²) in [6, 6.07) is 32.0. The molecule has 25 heteroatoms. The highest BCUT2D eigenvalue weighted by Crippen LogP contribution is 2.60. The largest absolute Gasteiger partial charge is 1.00 e. The van der Waals surface area contributed by atoms with E-state index in [4.69, 9.17) is 18.4 Å². The molecular weight excluding hydrogens is 1340 g/mol. The molecule has 14 nitrogen and oxygen atoms in total. The minimum absolute atomic E-state index is 0. The van der Waals surface area contributed by atoms with Crippen LogP contribution in [0.4, 0.5) is 26.3 Å². The van der Waals surface area contributed by atoms with Crippen LogP contribution in [0.1, 0.15) is 133 Å². The van der Waals surface area contributed by atoms with Crippen LogP contribution in [0.15, 0.2) is 141 Å². The van der Waals surface area contributed by atoms with E-state index in [0.717, 1.165) is 18.3 Å². The van der Waals surface area contributed by atoms with Crippen molar-refractivity contribution in [2.24, 2.45) is 51.8 Å². The van der Waals surface area contributed by atoms with Crippen molar-refractivity contribution in [3.05, 3.63) is 121 Å². The minimum Gasteiger partial charge on any atom is -1.00 e. The summed E-state index contributed by atoms with van der Waals surface area (Å²) < 4.78 is 159. The number of benzene rings is 4. The Morgan fingerprint density at radius 1 is 0.582 bits per heavy atom. The summed E-state index contributed by atoms with van der Waals surface area (Å²) >= 11 is 0.